The fourth-order valence-corrected chi connectivity index (χ4v) is 1.64. The van der Waals surface area contributed by atoms with E-state index in [1.807, 2.05) is 0 Å². The lowest BCUT2D eigenvalue weighted by molar-refractivity contribution is -0.141. The summed E-state index contributed by atoms with van der Waals surface area (Å²) in [5.74, 6) is 0.334. The van der Waals surface area contributed by atoms with Gasteiger partial charge >= 0.3 is 5.97 Å². The van der Waals surface area contributed by atoms with Crippen LogP contribution in [0.5, 0.6) is 5.75 Å². The molecular weight excluding hydrogens is 274 g/mol. The number of hydrogen-bond donors (Lipinski definition) is 1. The van der Waals surface area contributed by atoms with Gasteiger partial charge in [0.25, 0.3) is 5.91 Å². The third kappa shape index (κ3) is 3.82. The Balaban J connectivity index is 2.00. The van der Waals surface area contributed by atoms with Crippen molar-refractivity contribution in [3.63, 3.8) is 0 Å². The van der Waals surface area contributed by atoms with E-state index in [1.54, 1.807) is 43.6 Å². The van der Waals surface area contributed by atoms with E-state index in [0.717, 1.165) is 0 Å². The number of anilines is 1. The van der Waals surface area contributed by atoms with E-state index in [4.69, 9.17) is 4.74 Å². The predicted molar refractivity (Wildman–Crippen MR) is 75.2 cm³/mol. The maximum Gasteiger partial charge on any atom is 0.327 e. The number of carbonyl (C=O) groups is 2. The molecule has 21 heavy (non-hydrogen) atoms. The Morgan fingerprint density at radius 3 is 2.52 bits per heavy atom. The van der Waals surface area contributed by atoms with Crippen molar-refractivity contribution in [1.29, 1.82) is 0 Å². The highest BCUT2D eigenvalue weighted by molar-refractivity contribution is 6.03. The molecule has 0 aliphatic carbocycles. The maximum atomic E-state index is 12.0. The highest BCUT2D eigenvalue weighted by atomic mass is 16.5. The molecule has 0 atom stereocenters. The van der Waals surface area contributed by atoms with E-state index in [9.17, 15) is 9.59 Å². The molecule has 7 heteroatoms. The highest BCUT2D eigenvalue weighted by Crippen LogP contribution is 2.13. The minimum absolute atomic E-state index is 0.00505. The predicted octanol–water partition coefficient (Wildman–Crippen LogP) is 1.32. The zero-order chi connectivity index (χ0) is 15.2. The normalized spacial score (nSPS) is 10.0. The molecule has 1 heterocycles. The van der Waals surface area contributed by atoms with Crippen LogP contribution in [0, 0.1) is 0 Å². The Kier molecular flexibility index (Phi) is 4.55. The molecule has 0 aliphatic heterocycles. The first-order valence-corrected chi connectivity index (χ1v) is 6.18. The van der Waals surface area contributed by atoms with Gasteiger partial charge in [0.1, 0.15) is 12.3 Å². The van der Waals surface area contributed by atoms with Crippen LogP contribution in [0.4, 0.5) is 5.82 Å². The van der Waals surface area contributed by atoms with Crippen molar-refractivity contribution in [3.05, 3.63) is 42.1 Å². The molecule has 2 aromatic rings. The summed E-state index contributed by atoms with van der Waals surface area (Å²) in [5.41, 5.74) is 0.485. The Morgan fingerprint density at radius 2 is 1.90 bits per heavy atom. The smallest absolute Gasteiger partial charge is 0.327 e. The summed E-state index contributed by atoms with van der Waals surface area (Å²) in [5, 5.41) is 6.70. The van der Waals surface area contributed by atoms with Crippen molar-refractivity contribution in [2.24, 2.45) is 0 Å². The average Bonchev–Trinajstić information content (AvgIpc) is 2.94. The molecule has 1 aromatic heterocycles. The molecule has 0 unspecified atom stereocenters. The van der Waals surface area contributed by atoms with Gasteiger partial charge in [0.15, 0.2) is 5.82 Å². The van der Waals surface area contributed by atoms with Crippen molar-refractivity contribution < 1.29 is 19.1 Å². The lowest BCUT2D eigenvalue weighted by atomic mass is 10.2. The second-order valence-corrected chi connectivity index (χ2v) is 4.16. The second kappa shape index (κ2) is 6.56. The van der Waals surface area contributed by atoms with Gasteiger partial charge < -0.3 is 14.8 Å². The molecule has 2 rings (SSSR count). The minimum Gasteiger partial charge on any atom is -0.497 e. The van der Waals surface area contributed by atoms with Gasteiger partial charge in [0.2, 0.25) is 0 Å². The summed E-state index contributed by atoms with van der Waals surface area (Å²) in [6.07, 6.45) is 1.58. The summed E-state index contributed by atoms with van der Waals surface area (Å²) in [6, 6.07) is 8.30. The fourth-order valence-electron chi connectivity index (χ4n) is 1.64. The molecular formula is C14H15N3O4. The molecule has 7 nitrogen and oxygen atoms in total. The first kappa shape index (κ1) is 14.6. The van der Waals surface area contributed by atoms with Crippen LogP contribution in [0.25, 0.3) is 0 Å². The van der Waals surface area contributed by atoms with Crippen molar-refractivity contribution >= 4 is 17.7 Å². The zero-order valence-corrected chi connectivity index (χ0v) is 11.7. The quantitative estimate of drug-likeness (QED) is 0.839. The summed E-state index contributed by atoms with van der Waals surface area (Å²) >= 11 is 0. The van der Waals surface area contributed by atoms with Crippen molar-refractivity contribution in [1.82, 2.24) is 9.78 Å². The minimum atomic E-state index is -0.411. The van der Waals surface area contributed by atoms with Crippen LogP contribution < -0.4 is 10.1 Å². The lowest BCUT2D eigenvalue weighted by Gasteiger charge is -2.04. The standard InChI is InChI=1S/C14H15N3O4/c1-20-11-5-3-10(4-6-11)14(19)15-12-7-8-17(16-12)9-13(18)21-2/h3-8H,9H2,1-2H3,(H,15,16,19). The molecule has 0 radical (unpaired) electrons. The van der Waals surface area contributed by atoms with Gasteiger partial charge in [-0.05, 0) is 24.3 Å². The second-order valence-electron chi connectivity index (χ2n) is 4.16. The Labute approximate surface area is 121 Å². The maximum absolute atomic E-state index is 12.0. The molecule has 0 fully saturated rings. The molecule has 0 saturated heterocycles. The van der Waals surface area contributed by atoms with Crippen LogP contribution in [0.15, 0.2) is 36.5 Å². The number of rotatable bonds is 5. The van der Waals surface area contributed by atoms with Crippen molar-refractivity contribution in [2.75, 3.05) is 19.5 Å². The Bertz CT molecular complexity index is 634. The molecule has 1 aromatic carbocycles. The molecule has 0 aliphatic rings. The Hall–Kier alpha value is -2.83. The van der Waals surface area contributed by atoms with E-state index < -0.39 is 5.97 Å². The van der Waals surface area contributed by atoms with E-state index >= 15 is 0 Å². The Morgan fingerprint density at radius 1 is 1.19 bits per heavy atom. The molecule has 0 bridgehead atoms. The third-order valence-corrected chi connectivity index (χ3v) is 2.75. The molecule has 0 saturated carbocycles. The number of carbonyl (C=O) groups excluding carboxylic acids is 2. The number of esters is 1. The molecule has 110 valence electrons. The number of methoxy groups -OCH3 is 2. The lowest BCUT2D eigenvalue weighted by Crippen LogP contribution is -2.14. The zero-order valence-electron chi connectivity index (χ0n) is 11.7. The van der Waals surface area contributed by atoms with E-state index in [0.29, 0.717) is 17.1 Å². The van der Waals surface area contributed by atoms with Gasteiger partial charge in [-0.2, -0.15) is 5.10 Å². The fraction of sp³-hybridized carbons (Fsp3) is 0.214. The SMILES string of the molecule is COC(=O)Cn1ccc(NC(=O)c2ccc(OC)cc2)n1. The number of nitrogens with one attached hydrogen (secondary N) is 1. The number of amides is 1. The van der Waals surface area contributed by atoms with Crippen LogP contribution in [0.1, 0.15) is 10.4 Å². The van der Waals surface area contributed by atoms with Crippen LogP contribution in [-0.2, 0) is 16.1 Å². The first-order chi connectivity index (χ1) is 10.1. The number of benzene rings is 1. The first-order valence-electron chi connectivity index (χ1n) is 6.18. The molecule has 0 spiro atoms. The van der Waals surface area contributed by atoms with Gasteiger partial charge in [-0.1, -0.05) is 0 Å². The topological polar surface area (TPSA) is 82.5 Å². The average molecular weight is 289 g/mol. The van der Waals surface area contributed by atoms with Gasteiger partial charge in [0.05, 0.1) is 14.2 Å². The summed E-state index contributed by atoms with van der Waals surface area (Å²) in [7, 11) is 2.86. The number of aromatic nitrogens is 2. The number of ether oxygens (including phenoxy) is 2. The molecule has 1 N–H and O–H groups in total. The van der Waals surface area contributed by atoms with Crippen LogP contribution in [0.2, 0.25) is 0 Å². The van der Waals surface area contributed by atoms with Gasteiger partial charge in [-0.15, -0.1) is 0 Å². The van der Waals surface area contributed by atoms with Gasteiger partial charge in [-0.3, -0.25) is 14.3 Å². The van der Waals surface area contributed by atoms with Crippen molar-refractivity contribution in [3.8, 4) is 5.75 Å². The van der Waals surface area contributed by atoms with Crippen molar-refractivity contribution in [2.45, 2.75) is 6.54 Å². The van der Waals surface area contributed by atoms with E-state index in [-0.39, 0.29) is 12.5 Å². The summed E-state index contributed by atoms with van der Waals surface area (Å²) < 4.78 is 10.9. The number of hydrogen-bond acceptors (Lipinski definition) is 5. The summed E-state index contributed by atoms with van der Waals surface area (Å²) in [6.45, 7) is -0.00505. The van der Waals surface area contributed by atoms with Crippen LogP contribution >= 0.6 is 0 Å². The monoisotopic (exact) mass is 289 g/mol. The van der Waals surface area contributed by atoms with E-state index in [1.165, 1.54) is 11.8 Å². The largest absolute Gasteiger partial charge is 0.497 e. The van der Waals surface area contributed by atoms with Crippen LogP contribution in [0.3, 0.4) is 0 Å². The molecule has 1 amide bonds. The van der Waals surface area contributed by atoms with Gasteiger partial charge in [0, 0.05) is 17.8 Å². The third-order valence-electron chi connectivity index (χ3n) is 2.75. The van der Waals surface area contributed by atoms with E-state index in [2.05, 4.69) is 15.2 Å². The van der Waals surface area contributed by atoms with Crippen LogP contribution in [-0.4, -0.2) is 35.9 Å². The summed E-state index contributed by atoms with van der Waals surface area (Å²) in [4.78, 5) is 23.1. The number of nitrogens with zero attached hydrogens (tertiary/aromatic N) is 2. The van der Waals surface area contributed by atoms with Gasteiger partial charge in [-0.25, -0.2) is 0 Å². The highest BCUT2D eigenvalue weighted by Gasteiger charge is 2.09.